The molecule has 0 bridgehead atoms. The molecular formula is C22H22BrN5O3. The number of carbonyl (C=O) groups is 3. The number of imide groups is 1. The minimum Gasteiger partial charge on any atom is -0.361 e. The number of rotatable bonds is 3. The SMILES string of the molecule is CN1CCN(C(=O)Nc2ccc(N/C=C3\C(=O)NC(=O)c4ccc(Br)cc43)cc2)CC1. The number of halogens is 1. The predicted octanol–water partition coefficient (Wildman–Crippen LogP) is 2.95. The van der Waals surface area contributed by atoms with Crippen LogP contribution in [-0.4, -0.2) is 60.9 Å². The van der Waals surface area contributed by atoms with Crippen molar-refractivity contribution in [2.45, 2.75) is 0 Å². The Labute approximate surface area is 188 Å². The molecule has 31 heavy (non-hydrogen) atoms. The molecule has 2 aromatic carbocycles. The minimum absolute atomic E-state index is 0.110. The van der Waals surface area contributed by atoms with Gasteiger partial charge in [0.05, 0.1) is 5.57 Å². The van der Waals surface area contributed by atoms with Gasteiger partial charge >= 0.3 is 6.03 Å². The normalized spacial score (nSPS) is 17.9. The van der Waals surface area contributed by atoms with Gasteiger partial charge in [0, 0.05) is 59.4 Å². The Morgan fingerprint density at radius 3 is 2.35 bits per heavy atom. The lowest BCUT2D eigenvalue weighted by molar-refractivity contribution is -0.114. The summed E-state index contributed by atoms with van der Waals surface area (Å²) in [6, 6.07) is 12.3. The highest BCUT2D eigenvalue weighted by molar-refractivity contribution is 9.10. The second kappa shape index (κ2) is 8.91. The third-order valence-electron chi connectivity index (χ3n) is 5.30. The minimum atomic E-state index is -0.459. The molecule has 0 saturated carbocycles. The van der Waals surface area contributed by atoms with Crippen LogP contribution in [0.2, 0.25) is 0 Å². The number of hydrogen-bond acceptors (Lipinski definition) is 5. The molecule has 160 valence electrons. The van der Waals surface area contributed by atoms with Crippen molar-refractivity contribution in [1.29, 1.82) is 0 Å². The third-order valence-corrected chi connectivity index (χ3v) is 5.79. The van der Waals surface area contributed by atoms with Gasteiger partial charge in [-0.25, -0.2) is 4.79 Å². The highest BCUT2D eigenvalue weighted by Crippen LogP contribution is 2.27. The number of nitrogens with one attached hydrogen (secondary N) is 3. The first kappa shape index (κ1) is 21.1. The maximum absolute atomic E-state index is 12.4. The summed E-state index contributed by atoms with van der Waals surface area (Å²) in [7, 11) is 2.04. The Hall–Kier alpha value is -3.17. The molecule has 0 aromatic heterocycles. The van der Waals surface area contributed by atoms with Crippen LogP contribution in [0.15, 0.2) is 53.1 Å². The Balaban J connectivity index is 1.44. The number of amides is 4. The van der Waals surface area contributed by atoms with E-state index in [1.807, 2.05) is 19.2 Å². The Kier molecular flexibility index (Phi) is 6.06. The van der Waals surface area contributed by atoms with Crippen LogP contribution in [0.4, 0.5) is 16.2 Å². The van der Waals surface area contributed by atoms with Gasteiger partial charge in [0.1, 0.15) is 0 Å². The van der Waals surface area contributed by atoms with Crippen LogP contribution in [-0.2, 0) is 4.79 Å². The van der Waals surface area contributed by atoms with Crippen molar-refractivity contribution in [1.82, 2.24) is 15.1 Å². The first-order valence-corrected chi connectivity index (χ1v) is 10.7. The van der Waals surface area contributed by atoms with Gasteiger partial charge in [-0.05, 0) is 49.5 Å². The van der Waals surface area contributed by atoms with Crippen LogP contribution in [0, 0.1) is 0 Å². The molecule has 2 aromatic rings. The Morgan fingerprint density at radius 2 is 1.65 bits per heavy atom. The summed E-state index contributed by atoms with van der Waals surface area (Å²) >= 11 is 3.38. The maximum Gasteiger partial charge on any atom is 0.321 e. The standard InChI is InChI=1S/C22H22BrN5O3/c1-27-8-10-28(11-9-27)22(31)25-16-5-3-15(4-6-16)24-13-19-18-12-14(23)2-7-17(18)20(29)26-21(19)30/h2-7,12-13,24H,8-11H2,1H3,(H,25,31)(H,26,29,30)/b19-13-. The molecular weight excluding hydrogens is 462 g/mol. The van der Waals surface area contributed by atoms with Crippen molar-refractivity contribution in [2.24, 2.45) is 0 Å². The zero-order valence-corrected chi connectivity index (χ0v) is 18.5. The monoisotopic (exact) mass is 483 g/mol. The topological polar surface area (TPSA) is 93.8 Å². The van der Waals surface area contributed by atoms with Gasteiger partial charge in [-0.3, -0.25) is 14.9 Å². The quantitative estimate of drug-likeness (QED) is 0.460. The van der Waals surface area contributed by atoms with Gasteiger partial charge in [0.15, 0.2) is 0 Å². The molecule has 0 unspecified atom stereocenters. The van der Waals surface area contributed by atoms with Gasteiger partial charge in [0.2, 0.25) is 0 Å². The fourth-order valence-electron chi connectivity index (χ4n) is 3.46. The number of carbonyl (C=O) groups excluding carboxylic acids is 3. The van der Waals surface area contributed by atoms with E-state index in [1.54, 1.807) is 41.4 Å². The molecule has 4 amide bonds. The average Bonchev–Trinajstić information content (AvgIpc) is 2.75. The third kappa shape index (κ3) is 4.78. The molecule has 0 aliphatic carbocycles. The first-order chi connectivity index (χ1) is 14.9. The molecule has 2 aliphatic heterocycles. The van der Waals surface area contributed by atoms with E-state index in [4.69, 9.17) is 0 Å². The number of likely N-dealkylation sites (N-methyl/N-ethyl adjacent to an activating group) is 1. The molecule has 2 aliphatic rings. The lowest BCUT2D eigenvalue weighted by atomic mass is 9.95. The number of piperazine rings is 1. The maximum atomic E-state index is 12.4. The molecule has 8 nitrogen and oxygen atoms in total. The number of nitrogens with zero attached hydrogens (tertiary/aromatic N) is 2. The second-order valence-electron chi connectivity index (χ2n) is 7.47. The summed E-state index contributed by atoms with van der Waals surface area (Å²) < 4.78 is 0.778. The van der Waals surface area contributed by atoms with E-state index < -0.39 is 11.8 Å². The lowest BCUT2D eigenvalue weighted by Gasteiger charge is -2.32. The van der Waals surface area contributed by atoms with Gasteiger partial charge < -0.3 is 20.4 Å². The van der Waals surface area contributed by atoms with Crippen molar-refractivity contribution < 1.29 is 14.4 Å². The zero-order valence-electron chi connectivity index (χ0n) is 16.9. The smallest absolute Gasteiger partial charge is 0.321 e. The molecule has 1 fully saturated rings. The molecule has 2 heterocycles. The number of anilines is 2. The van der Waals surface area contributed by atoms with Crippen LogP contribution in [0.1, 0.15) is 15.9 Å². The van der Waals surface area contributed by atoms with E-state index in [-0.39, 0.29) is 6.03 Å². The largest absolute Gasteiger partial charge is 0.361 e. The number of urea groups is 1. The molecule has 3 N–H and O–H groups in total. The van der Waals surface area contributed by atoms with Gasteiger partial charge in [-0.2, -0.15) is 0 Å². The second-order valence-corrected chi connectivity index (χ2v) is 8.39. The number of fused-ring (bicyclic) bond motifs is 1. The van der Waals surface area contributed by atoms with Crippen LogP contribution < -0.4 is 16.0 Å². The molecule has 0 spiro atoms. The first-order valence-electron chi connectivity index (χ1n) is 9.87. The summed E-state index contributed by atoms with van der Waals surface area (Å²) in [5, 5.41) is 8.35. The van der Waals surface area contributed by atoms with Gasteiger partial charge in [0.25, 0.3) is 11.8 Å². The molecule has 1 saturated heterocycles. The van der Waals surface area contributed by atoms with Crippen LogP contribution >= 0.6 is 15.9 Å². The summed E-state index contributed by atoms with van der Waals surface area (Å²) in [6.45, 7) is 3.14. The van der Waals surface area contributed by atoms with Gasteiger partial charge in [-0.1, -0.05) is 15.9 Å². The number of benzene rings is 2. The van der Waals surface area contributed by atoms with E-state index in [1.165, 1.54) is 0 Å². The Morgan fingerprint density at radius 1 is 0.968 bits per heavy atom. The van der Waals surface area contributed by atoms with Crippen molar-refractivity contribution in [3.05, 3.63) is 64.3 Å². The van der Waals surface area contributed by atoms with Crippen LogP contribution in [0.25, 0.3) is 5.57 Å². The fraction of sp³-hybridized carbons (Fsp3) is 0.227. The predicted molar refractivity (Wildman–Crippen MR) is 123 cm³/mol. The summed E-state index contributed by atoms with van der Waals surface area (Å²) in [5.74, 6) is -0.871. The van der Waals surface area contributed by atoms with Crippen molar-refractivity contribution in [3.8, 4) is 0 Å². The van der Waals surface area contributed by atoms with E-state index in [0.29, 0.717) is 35.5 Å². The molecule has 0 radical (unpaired) electrons. The summed E-state index contributed by atoms with van der Waals surface area (Å²) in [5.41, 5.74) is 2.80. The summed E-state index contributed by atoms with van der Waals surface area (Å²) in [4.78, 5) is 40.8. The highest BCUT2D eigenvalue weighted by atomic mass is 79.9. The molecule has 0 atom stereocenters. The van der Waals surface area contributed by atoms with Gasteiger partial charge in [-0.15, -0.1) is 0 Å². The molecule has 4 rings (SSSR count). The zero-order chi connectivity index (χ0) is 22.0. The molecule has 9 heteroatoms. The highest BCUT2D eigenvalue weighted by Gasteiger charge is 2.27. The van der Waals surface area contributed by atoms with E-state index in [2.05, 4.69) is 36.8 Å². The van der Waals surface area contributed by atoms with E-state index in [9.17, 15) is 14.4 Å². The van der Waals surface area contributed by atoms with Crippen LogP contribution in [0.3, 0.4) is 0 Å². The average molecular weight is 484 g/mol. The fourth-order valence-corrected chi connectivity index (χ4v) is 3.82. The van der Waals surface area contributed by atoms with Crippen molar-refractivity contribution >= 4 is 50.7 Å². The number of hydrogen-bond donors (Lipinski definition) is 3. The lowest BCUT2D eigenvalue weighted by Crippen LogP contribution is -2.48. The van der Waals surface area contributed by atoms with E-state index in [0.717, 1.165) is 23.2 Å². The van der Waals surface area contributed by atoms with E-state index >= 15 is 0 Å². The van der Waals surface area contributed by atoms with Crippen molar-refractivity contribution in [2.75, 3.05) is 43.9 Å². The summed E-state index contributed by atoms with van der Waals surface area (Å²) in [6.07, 6.45) is 1.57. The Bertz CT molecular complexity index is 1060. The van der Waals surface area contributed by atoms with Crippen molar-refractivity contribution in [3.63, 3.8) is 0 Å². The van der Waals surface area contributed by atoms with Crippen LogP contribution in [0.5, 0.6) is 0 Å².